The van der Waals surface area contributed by atoms with Gasteiger partial charge in [-0.2, -0.15) is 0 Å². The molecule has 0 N–H and O–H groups in total. The van der Waals surface area contributed by atoms with E-state index in [0.29, 0.717) is 23.5 Å². The van der Waals surface area contributed by atoms with Gasteiger partial charge in [-0.15, -0.1) is 6.42 Å². The predicted molar refractivity (Wildman–Crippen MR) is 106 cm³/mol. The number of hydrogen-bond donors (Lipinski definition) is 0. The maximum atomic E-state index is 11.8. The number of esters is 2. The molecule has 1 aromatic carbocycles. The van der Waals surface area contributed by atoms with E-state index in [4.69, 9.17) is 15.9 Å². The zero-order valence-corrected chi connectivity index (χ0v) is 16.9. The van der Waals surface area contributed by atoms with Crippen molar-refractivity contribution in [2.75, 3.05) is 0 Å². The van der Waals surface area contributed by atoms with Gasteiger partial charge in [-0.1, -0.05) is 18.9 Å². The molecule has 5 atom stereocenters. The molecule has 2 fully saturated rings. The molecule has 0 aromatic heterocycles. The Labute approximate surface area is 167 Å². The van der Waals surface area contributed by atoms with E-state index in [0.717, 1.165) is 38.5 Å². The highest BCUT2D eigenvalue weighted by Crippen LogP contribution is 2.65. The normalized spacial score (nSPS) is 35.7. The molecule has 0 saturated heterocycles. The van der Waals surface area contributed by atoms with Gasteiger partial charge in [0.15, 0.2) is 5.60 Å². The number of benzene rings is 1. The van der Waals surface area contributed by atoms with E-state index in [2.05, 4.69) is 18.9 Å². The van der Waals surface area contributed by atoms with Gasteiger partial charge in [0.25, 0.3) is 0 Å². The highest BCUT2D eigenvalue weighted by molar-refractivity contribution is 5.69. The summed E-state index contributed by atoms with van der Waals surface area (Å²) in [5, 5.41) is 0. The van der Waals surface area contributed by atoms with Gasteiger partial charge in [-0.05, 0) is 79.5 Å². The Hall–Kier alpha value is -2.28. The van der Waals surface area contributed by atoms with E-state index >= 15 is 0 Å². The number of terminal acetylenes is 1. The molecule has 1 aromatic rings. The van der Waals surface area contributed by atoms with Crippen LogP contribution in [-0.2, 0) is 20.7 Å². The number of rotatable bonds is 2. The number of carbonyl (C=O) groups excluding carboxylic acids is 2. The molecular weight excluding hydrogens is 352 g/mol. The summed E-state index contributed by atoms with van der Waals surface area (Å²) < 4.78 is 11.1. The van der Waals surface area contributed by atoms with Crippen molar-refractivity contribution in [1.29, 1.82) is 0 Å². The summed E-state index contributed by atoms with van der Waals surface area (Å²) in [6.07, 6.45) is 11.8. The van der Waals surface area contributed by atoms with Crippen molar-refractivity contribution in [3.8, 4) is 18.1 Å². The number of fused-ring (bicyclic) bond motifs is 5. The monoisotopic (exact) mass is 380 g/mol. The van der Waals surface area contributed by atoms with Gasteiger partial charge in [0, 0.05) is 19.3 Å². The lowest BCUT2D eigenvalue weighted by Crippen LogP contribution is -2.52. The molecule has 4 rings (SSSR count). The second-order valence-electron chi connectivity index (χ2n) is 8.93. The summed E-state index contributed by atoms with van der Waals surface area (Å²) in [5.74, 6) is 4.47. The first-order chi connectivity index (χ1) is 13.3. The molecule has 3 aliphatic carbocycles. The van der Waals surface area contributed by atoms with Crippen LogP contribution in [0.5, 0.6) is 5.75 Å². The van der Waals surface area contributed by atoms with E-state index in [1.54, 1.807) is 0 Å². The van der Waals surface area contributed by atoms with Crippen LogP contribution in [0.1, 0.15) is 69.9 Å². The topological polar surface area (TPSA) is 52.6 Å². The molecule has 0 radical (unpaired) electrons. The third-order valence-corrected chi connectivity index (χ3v) is 7.63. The molecule has 2 saturated carbocycles. The van der Waals surface area contributed by atoms with Crippen molar-refractivity contribution in [2.24, 2.45) is 17.3 Å². The summed E-state index contributed by atoms with van der Waals surface area (Å²) in [4.78, 5) is 23.0. The molecule has 0 amide bonds. The van der Waals surface area contributed by atoms with Crippen LogP contribution in [0.4, 0.5) is 0 Å². The van der Waals surface area contributed by atoms with Crippen molar-refractivity contribution < 1.29 is 19.1 Å². The average molecular weight is 380 g/mol. The van der Waals surface area contributed by atoms with Crippen LogP contribution in [-0.4, -0.2) is 17.5 Å². The van der Waals surface area contributed by atoms with E-state index in [-0.39, 0.29) is 17.4 Å². The molecule has 0 bridgehead atoms. The molecule has 28 heavy (non-hydrogen) atoms. The lowest BCUT2D eigenvalue weighted by molar-refractivity contribution is -0.165. The van der Waals surface area contributed by atoms with Gasteiger partial charge >= 0.3 is 11.9 Å². The molecule has 3 aliphatic rings. The van der Waals surface area contributed by atoms with Gasteiger partial charge < -0.3 is 9.47 Å². The van der Waals surface area contributed by atoms with Gasteiger partial charge in [0.05, 0.1) is 0 Å². The Kier molecular flexibility index (Phi) is 4.53. The number of hydrogen-bond acceptors (Lipinski definition) is 4. The van der Waals surface area contributed by atoms with Gasteiger partial charge in [-0.3, -0.25) is 9.59 Å². The molecule has 0 heterocycles. The quantitative estimate of drug-likeness (QED) is 0.433. The maximum absolute atomic E-state index is 11.8. The van der Waals surface area contributed by atoms with Crippen molar-refractivity contribution in [1.82, 2.24) is 0 Å². The second-order valence-corrected chi connectivity index (χ2v) is 8.93. The minimum atomic E-state index is -0.770. The standard InChI is InChI=1S/C24H28O4/c1-5-24(28-16(3)26)13-11-22-21-8-6-17-14-18(27-15(2)25)7-9-19(17)20(21)10-12-23(22,24)4/h1,7,9,14,20-22H,6,8,10-13H2,2-4H3/t20-,21-,22+,23-,24-/m0/s1. The van der Waals surface area contributed by atoms with Crippen LogP contribution in [0.3, 0.4) is 0 Å². The maximum Gasteiger partial charge on any atom is 0.308 e. The molecule has 0 aliphatic heterocycles. The molecule has 4 nitrogen and oxygen atoms in total. The zero-order valence-electron chi connectivity index (χ0n) is 16.9. The molecule has 148 valence electrons. The molecule has 0 unspecified atom stereocenters. The smallest absolute Gasteiger partial charge is 0.308 e. The van der Waals surface area contributed by atoms with Crippen molar-refractivity contribution >= 4 is 11.9 Å². The van der Waals surface area contributed by atoms with E-state index in [1.807, 2.05) is 12.1 Å². The number of ether oxygens (including phenoxy) is 2. The van der Waals surface area contributed by atoms with Crippen molar-refractivity contribution in [3.05, 3.63) is 29.3 Å². The number of carbonyl (C=O) groups is 2. The Morgan fingerprint density at radius 1 is 1.14 bits per heavy atom. The fourth-order valence-electron chi connectivity index (χ4n) is 6.47. The Morgan fingerprint density at radius 2 is 1.93 bits per heavy atom. The molecule has 0 spiro atoms. The average Bonchev–Trinajstić information content (AvgIpc) is 2.93. The van der Waals surface area contributed by atoms with Gasteiger partial charge in [0.2, 0.25) is 0 Å². The summed E-state index contributed by atoms with van der Waals surface area (Å²) >= 11 is 0. The van der Waals surface area contributed by atoms with E-state index in [1.165, 1.54) is 25.0 Å². The fourth-order valence-corrected chi connectivity index (χ4v) is 6.47. The first kappa shape index (κ1) is 19.1. The van der Waals surface area contributed by atoms with Crippen LogP contribution in [0.15, 0.2) is 18.2 Å². The summed E-state index contributed by atoms with van der Waals surface area (Å²) in [7, 11) is 0. The third-order valence-electron chi connectivity index (χ3n) is 7.63. The fraction of sp³-hybridized carbons (Fsp3) is 0.583. The second kappa shape index (κ2) is 6.65. The summed E-state index contributed by atoms with van der Waals surface area (Å²) in [5.41, 5.74) is 1.75. The third kappa shape index (κ3) is 2.75. The summed E-state index contributed by atoms with van der Waals surface area (Å²) in [6, 6.07) is 6.08. The van der Waals surface area contributed by atoms with E-state index < -0.39 is 5.60 Å². The van der Waals surface area contributed by atoms with Crippen LogP contribution in [0.2, 0.25) is 0 Å². The Morgan fingerprint density at radius 3 is 2.61 bits per heavy atom. The highest BCUT2D eigenvalue weighted by atomic mass is 16.6. The molecule has 4 heteroatoms. The Balaban J connectivity index is 1.64. The number of aryl methyl sites for hydroxylation is 1. The predicted octanol–water partition coefficient (Wildman–Crippen LogP) is 4.40. The molecular formula is C24H28O4. The first-order valence-corrected chi connectivity index (χ1v) is 10.3. The SMILES string of the molecule is C#C[C@]1(OC(C)=O)CC[C@@H]2[C@H]3CCc4cc(OC(C)=O)ccc4[C@@H]3CC[C@@]21C. The lowest BCUT2D eigenvalue weighted by Gasteiger charge is -2.52. The highest BCUT2D eigenvalue weighted by Gasteiger charge is 2.63. The first-order valence-electron chi connectivity index (χ1n) is 10.3. The van der Waals surface area contributed by atoms with Gasteiger partial charge in [0.1, 0.15) is 5.75 Å². The minimum absolute atomic E-state index is 0.163. The van der Waals surface area contributed by atoms with Crippen molar-refractivity contribution in [3.63, 3.8) is 0 Å². The zero-order chi connectivity index (χ0) is 20.1. The van der Waals surface area contributed by atoms with Crippen LogP contribution < -0.4 is 4.74 Å². The minimum Gasteiger partial charge on any atom is -0.445 e. The van der Waals surface area contributed by atoms with Crippen LogP contribution >= 0.6 is 0 Å². The van der Waals surface area contributed by atoms with E-state index in [9.17, 15) is 9.59 Å². The largest absolute Gasteiger partial charge is 0.445 e. The lowest BCUT2D eigenvalue weighted by atomic mass is 9.53. The Bertz CT molecular complexity index is 866. The van der Waals surface area contributed by atoms with Crippen LogP contribution in [0, 0.1) is 29.6 Å². The van der Waals surface area contributed by atoms with Gasteiger partial charge in [-0.25, -0.2) is 0 Å². The summed E-state index contributed by atoms with van der Waals surface area (Å²) in [6.45, 7) is 5.13. The van der Waals surface area contributed by atoms with Crippen molar-refractivity contribution in [2.45, 2.75) is 70.8 Å². The van der Waals surface area contributed by atoms with Crippen LogP contribution in [0.25, 0.3) is 0 Å².